The van der Waals surface area contributed by atoms with Crippen molar-refractivity contribution in [1.82, 2.24) is 25.8 Å². The molecule has 6 rings (SSSR count). The number of amides is 4. The maximum atomic E-state index is 14.3. The van der Waals surface area contributed by atoms with Crippen LogP contribution in [0.15, 0.2) is 78.4 Å². The first kappa shape index (κ1) is 50.1. The summed E-state index contributed by atoms with van der Waals surface area (Å²) in [5.74, 6) is -0.445. The number of rotatable bonds is 19. The zero-order valence-electron chi connectivity index (χ0n) is 38.7. The standard InChI is InChI=1S/C50H61ClN6O8S/c1-48(2,3)42(45(62)57(44(61)39-23-35(58)26-54-39)28-31-11-13-32(14-12-31)40-27-53-30-66-40)55-41(59)29-63-21-9-8-10-22-64-36-18-15-33(16-19-36)43(60)56-46-49(4,5)47(50(46,6)7)65-37-20-17-34(25-52)38(51)24-37/h11-20,24,27,30,35,39,42,46-47,54,58H,8-10,21-23,26,28-29H2,1-7H3,(H,55,59)(H,56,60)/t35-,39+,42?,46?,47?/m1/s1. The molecular weight excluding hydrogens is 880 g/mol. The number of carbonyl (C=O) groups excluding carboxylic acids is 4. The Balaban J connectivity index is 0.916. The van der Waals surface area contributed by atoms with Gasteiger partial charge in [0.1, 0.15) is 36.3 Å². The summed E-state index contributed by atoms with van der Waals surface area (Å²) < 4.78 is 18.0. The molecule has 0 spiro atoms. The lowest BCUT2D eigenvalue weighted by molar-refractivity contribution is -0.164. The molecule has 4 N–H and O–H groups in total. The molecule has 1 aromatic heterocycles. The van der Waals surface area contributed by atoms with Crippen LogP contribution in [0.5, 0.6) is 11.5 Å². The fraction of sp³-hybridized carbons (Fsp3) is 0.480. The number of unbranched alkanes of at least 4 members (excludes halogenated alkanes) is 2. The summed E-state index contributed by atoms with van der Waals surface area (Å²) >= 11 is 7.75. The monoisotopic (exact) mass is 940 g/mol. The predicted octanol–water partition coefficient (Wildman–Crippen LogP) is 7.32. The molecule has 3 aromatic carbocycles. The van der Waals surface area contributed by atoms with Gasteiger partial charge in [-0.25, -0.2) is 0 Å². The third-order valence-corrected chi connectivity index (χ3v) is 13.5. The van der Waals surface area contributed by atoms with Crippen LogP contribution in [0.25, 0.3) is 10.4 Å². The molecule has 1 aliphatic carbocycles. The zero-order chi connectivity index (χ0) is 47.8. The van der Waals surface area contributed by atoms with Crippen molar-refractivity contribution >= 4 is 46.6 Å². The molecule has 4 aromatic rings. The molecule has 1 unspecified atom stereocenters. The van der Waals surface area contributed by atoms with Crippen LogP contribution in [-0.2, 0) is 25.7 Å². The molecule has 2 fully saturated rings. The Hall–Kier alpha value is -5.37. The van der Waals surface area contributed by atoms with Gasteiger partial charge >= 0.3 is 0 Å². The van der Waals surface area contributed by atoms with Crippen LogP contribution in [0.1, 0.15) is 95.6 Å². The smallest absolute Gasteiger partial charge is 0.252 e. The lowest BCUT2D eigenvalue weighted by Gasteiger charge is -2.63. The second-order valence-electron chi connectivity index (χ2n) is 19.3. The van der Waals surface area contributed by atoms with Gasteiger partial charge in [0.05, 0.1) is 46.3 Å². The number of nitriles is 1. The average Bonchev–Trinajstić information content (AvgIpc) is 3.99. The molecule has 16 heteroatoms. The number of benzene rings is 3. The normalized spacial score (nSPS) is 20.0. The molecule has 1 saturated heterocycles. The van der Waals surface area contributed by atoms with Crippen LogP contribution in [0.3, 0.4) is 0 Å². The molecule has 352 valence electrons. The highest BCUT2D eigenvalue weighted by atomic mass is 35.5. The minimum Gasteiger partial charge on any atom is -0.494 e. The van der Waals surface area contributed by atoms with E-state index in [1.54, 1.807) is 54.2 Å². The van der Waals surface area contributed by atoms with E-state index >= 15 is 0 Å². The lowest BCUT2D eigenvalue weighted by Crippen LogP contribution is -2.74. The summed E-state index contributed by atoms with van der Waals surface area (Å²) in [5.41, 5.74) is 2.84. The zero-order valence-corrected chi connectivity index (χ0v) is 40.3. The molecular formula is C50H61ClN6O8S. The first-order valence-corrected chi connectivity index (χ1v) is 23.6. The van der Waals surface area contributed by atoms with Gasteiger partial charge in [0, 0.05) is 47.9 Å². The van der Waals surface area contributed by atoms with Crippen molar-refractivity contribution in [2.24, 2.45) is 16.2 Å². The van der Waals surface area contributed by atoms with Gasteiger partial charge in [-0.15, -0.1) is 11.3 Å². The number of ether oxygens (including phenoxy) is 3. The second-order valence-corrected chi connectivity index (χ2v) is 20.6. The molecule has 1 aliphatic heterocycles. The first-order chi connectivity index (χ1) is 31.3. The van der Waals surface area contributed by atoms with E-state index in [0.717, 1.165) is 28.8 Å². The topological polar surface area (TPSA) is 192 Å². The number of hydrogen-bond donors (Lipinski definition) is 4. The van der Waals surface area contributed by atoms with Crippen LogP contribution >= 0.6 is 22.9 Å². The van der Waals surface area contributed by atoms with Gasteiger partial charge in [-0.05, 0) is 78.6 Å². The summed E-state index contributed by atoms with van der Waals surface area (Å²) in [6, 6.07) is 19.8. The fourth-order valence-electron chi connectivity index (χ4n) is 9.03. The maximum Gasteiger partial charge on any atom is 0.252 e. The van der Waals surface area contributed by atoms with Crippen molar-refractivity contribution in [2.75, 3.05) is 26.4 Å². The Kier molecular flexibility index (Phi) is 16.3. The molecule has 0 bridgehead atoms. The summed E-state index contributed by atoms with van der Waals surface area (Å²) in [6.45, 7) is 14.5. The van der Waals surface area contributed by atoms with Crippen LogP contribution in [0, 0.1) is 27.6 Å². The highest BCUT2D eigenvalue weighted by Crippen LogP contribution is 2.55. The van der Waals surface area contributed by atoms with Crippen LogP contribution < -0.4 is 25.4 Å². The van der Waals surface area contributed by atoms with E-state index in [4.69, 9.17) is 25.8 Å². The van der Waals surface area contributed by atoms with E-state index in [1.165, 1.54) is 16.2 Å². The van der Waals surface area contributed by atoms with E-state index in [0.29, 0.717) is 47.3 Å². The van der Waals surface area contributed by atoms with Crippen LogP contribution in [-0.4, -0.2) is 95.3 Å². The minimum absolute atomic E-state index is 0.00399. The number of aromatic nitrogens is 1. The van der Waals surface area contributed by atoms with Crippen LogP contribution in [0.2, 0.25) is 5.02 Å². The number of carbonyl (C=O) groups is 4. The fourth-order valence-corrected chi connectivity index (χ4v) is 9.87. The summed E-state index contributed by atoms with van der Waals surface area (Å²) in [5, 5.41) is 28.8. The number of imide groups is 1. The van der Waals surface area contributed by atoms with Crippen molar-refractivity contribution in [3.05, 3.63) is 100 Å². The van der Waals surface area contributed by atoms with E-state index in [-0.39, 0.29) is 44.2 Å². The Morgan fingerprint density at radius 1 is 0.985 bits per heavy atom. The van der Waals surface area contributed by atoms with Crippen molar-refractivity contribution in [3.8, 4) is 28.0 Å². The van der Waals surface area contributed by atoms with E-state index in [1.807, 2.05) is 45.0 Å². The number of nitrogens with zero attached hydrogens (tertiary/aromatic N) is 3. The molecule has 66 heavy (non-hydrogen) atoms. The largest absolute Gasteiger partial charge is 0.494 e. The number of β-amino-alcohol motifs (C(OH)–C–C–N with tert-alkyl or cyclic N) is 1. The van der Waals surface area contributed by atoms with Gasteiger partial charge < -0.3 is 35.3 Å². The Morgan fingerprint density at radius 2 is 1.67 bits per heavy atom. The third kappa shape index (κ3) is 12.1. The molecule has 2 aliphatic rings. The minimum atomic E-state index is -1.03. The average molecular weight is 942 g/mol. The third-order valence-electron chi connectivity index (χ3n) is 12.3. The van der Waals surface area contributed by atoms with Crippen molar-refractivity contribution in [3.63, 3.8) is 0 Å². The highest BCUT2D eigenvalue weighted by Gasteiger charge is 2.64. The van der Waals surface area contributed by atoms with Gasteiger partial charge in [-0.3, -0.25) is 29.1 Å². The number of hydrogen-bond acceptors (Lipinski definition) is 12. The SMILES string of the molecule is CC(C)(C)C(NC(=O)COCCCCCOc1ccc(C(=O)NC2C(C)(C)C(Oc3ccc(C#N)c(Cl)c3)C2(C)C)cc1)C(=O)N(Cc1ccc(-c2cncs2)cc1)C(=O)[C@@H]1C[C@@H](O)CN1. The van der Waals surface area contributed by atoms with E-state index < -0.39 is 52.2 Å². The molecule has 2 heterocycles. The van der Waals surface area contributed by atoms with Gasteiger partial charge in [0.25, 0.3) is 11.8 Å². The highest BCUT2D eigenvalue weighted by molar-refractivity contribution is 7.13. The number of thiazole rings is 1. The molecule has 3 atom stereocenters. The molecule has 4 amide bonds. The van der Waals surface area contributed by atoms with Crippen molar-refractivity contribution in [1.29, 1.82) is 5.26 Å². The van der Waals surface area contributed by atoms with Crippen LogP contribution in [0.4, 0.5) is 0 Å². The summed E-state index contributed by atoms with van der Waals surface area (Å²) in [6.07, 6.45) is 3.27. The number of aliphatic hydroxyl groups excluding tert-OH is 1. The van der Waals surface area contributed by atoms with Gasteiger partial charge in [-0.1, -0.05) is 84.3 Å². The summed E-state index contributed by atoms with van der Waals surface area (Å²) in [7, 11) is 0. The van der Waals surface area contributed by atoms with Gasteiger partial charge in [0.2, 0.25) is 11.8 Å². The number of aliphatic hydroxyl groups is 1. The number of nitrogens with one attached hydrogen (secondary N) is 3. The number of halogens is 1. The second kappa shape index (κ2) is 21.5. The van der Waals surface area contributed by atoms with E-state index in [2.05, 4.69) is 54.7 Å². The Bertz CT molecular complexity index is 2350. The molecule has 1 saturated carbocycles. The molecule has 0 radical (unpaired) electrons. The first-order valence-electron chi connectivity index (χ1n) is 22.3. The van der Waals surface area contributed by atoms with Crippen molar-refractivity contribution < 1.29 is 38.5 Å². The van der Waals surface area contributed by atoms with E-state index in [9.17, 15) is 29.5 Å². The quantitative estimate of drug-likeness (QED) is 0.0689. The predicted molar refractivity (Wildman–Crippen MR) is 253 cm³/mol. The maximum absolute atomic E-state index is 14.3. The van der Waals surface area contributed by atoms with Gasteiger partial charge in [-0.2, -0.15) is 5.26 Å². The van der Waals surface area contributed by atoms with Crippen molar-refractivity contribution in [2.45, 2.75) is 111 Å². The molecule has 14 nitrogen and oxygen atoms in total. The van der Waals surface area contributed by atoms with Gasteiger partial charge in [0.15, 0.2) is 0 Å². The lowest BCUT2D eigenvalue weighted by atomic mass is 9.49. The summed E-state index contributed by atoms with van der Waals surface area (Å²) in [4.78, 5) is 61.0. The Labute approximate surface area is 396 Å². The Morgan fingerprint density at radius 3 is 2.27 bits per heavy atom.